The minimum absolute atomic E-state index is 0.662. The van der Waals surface area contributed by atoms with Crippen LogP contribution in [0.25, 0.3) is 0 Å². The van der Waals surface area contributed by atoms with Gasteiger partial charge in [-0.3, -0.25) is 0 Å². The molecule has 0 unspecified atom stereocenters. The molecular weight excluding hydrogens is 318 g/mol. The fourth-order valence-electron chi connectivity index (χ4n) is 2.16. The lowest BCUT2D eigenvalue weighted by Gasteiger charge is -2.30. The number of amidine groups is 1. The van der Waals surface area contributed by atoms with Crippen LogP contribution in [0.3, 0.4) is 0 Å². The highest BCUT2D eigenvalue weighted by Crippen LogP contribution is 2.32. The number of hydrogen-bond donors (Lipinski definition) is 0. The molecule has 1 aromatic carbocycles. The fraction of sp³-hybridized carbons (Fsp3) is 0.250. The average Bonchev–Trinajstić information content (AvgIpc) is 2.55. The molecule has 0 saturated carbocycles. The number of thioether (sulfide) groups is 1. The zero-order valence-electron chi connectivity index (χ0n) is 12.2. The molecule has 2 heterocycles. The highest BCUT2D eigenvalue weighted by molar-refractivity contribution is 8.13. The van der Waals surface area contributed by atoms with E-state index in [0.29, 0.717) is 11.6 Å². The number of hydrogen-bond acceptors (Lipinski definition) is 4. The Morgan fingerprint density at radius 3 is 2.91 bits per heavy atom. The van der Waals surface area contributed by atoms with Crippen molar-refractivity contribution in [2.75, 3.05) is 20.3 Å². The van der Waals surface area contributed by atoms with Crippen LogP contribution in [-0.2, 0) is 11.3 Å². The summed E-state index contributed by atoms with van der Waals surface area (Å²) in [4.78, 5) is 11.4. The Kier molecular flexibility index (Phi) is 4.97. The summed E-state index contributed by atoms with van der Waals surface area (Å²) >= 11 is 7.52. The van der Waals surface area contributed by atoms with E-state index in [-0.39, 0.29) is 0 Å². The quantitative estimate of drug-likeness (QED) is 0.848. The number of nitrogens with zero attached hydrogens (tertiary/aromatic N) is 3. The summed E-state index contributed by atoms with van der Waals surface area (Å²) in [6.45, 7) is 2.26. The van der Waals surface area contributed by atoms with Crippen LogP contribution in [0.2, 0.25) is 5.02 Å². The third-order valence-electron chi connectivity index (χ3n) is 3.29. The van der Waals surface area contributed by atoms with Crippen LogP contribution in [0.1, 0.15) is 5.56 Å². The van der Waals surface area contributed by atoms with Crippen molar-refractivity contribution >= 4 is 34.2 Å². The molecule has 0 aliphatic carbocycles. The van der Waals surface area contributed by atoms with Crippen molar-refractivity contribution in [2.45, 2.75) is 11.6 Å². The summed E-state index contributed by atoms with van der Waals surface area (Å²) in [6.07, 6.45) is 1.82. The number of halogens is 1. The van der Waals surface area contributed by atoms with Crippen LogP contribution >= 0.6 is 23.4 Å². The molecule has 0 radical (unpaired) electrons. The monoisotopic (exact) mass is 333 g/mol. The molecule has 0 saturated heterocycles. The van der Waals surface area contributed by atoms with Crippen molar-refractivity contribution in [1.82, 2.24) is 9.88 Å². The van der Waals surface area contributed by atoms with Gasteiger partial charge in [0.05, 0.1) is 12.3 Å². The number of methoxy groups -OCH3 is 1. The van der Waals surface area contributed by atoms with E-state index >= 15 is 0 Å². The van der Waals surface area contributed by atoms with Crippen molar-refractivity contribution in [1.29, 1.82) is 0 Å². The molecular formula is C16H16ClN3OS. The largest absolute Gasteiger partial charge is 0.383 e. The van der Waals surface area contributed by atoms with Gasteiger partial charge in [0.15, 0.2) is 5.17 Å². The highest BCUT2D eigenvalue weighted by atomic mass is 35.5. The molecule has 114 valence electrons. The second-order valence-electron chi connectivity index (χ2n) is 4.85. The lowest BCUT2D eigenvalue weighted by Crippen LogP contribution is -2.34. The molecule has 4 nitrogen and oxygen atoms in total. The smallest absolute Gasteiger partial charge is 0.171 e. The topological polar surface area (TPSA) is 37.7 Å². The molecule has 2 aromatic rings. The van der Waals surface area contributed by atoms with E-state index < -0.39 is 0 Å². The van der Waals surface area contributed by atoms with Gasteiger partial charge in [-0.15, -0.1) is 0 Å². The summed E-state index contributed by atoms with van der Waals surface area (Å²) in [7, 11) is 1.71. The average molecular weight is 334 g/mol. The van der Waals surface area contributed by atoms with Crippen LogP contribution < -0.4 is 0 Å². The van der Waals surface area contributed by atoms with E-state index in [2.05, 4.69) is 16.0 Å². The van der Waals surface area contributed by atoms with Crippen LogP contribution in [0.4, 0.5) is 5.69 Å². The Balaban J connectivity index is 1.90. The summed E-state index contributed by atoms with van der Waals surface area (Å²) < 4.78 is 5.21. The maximum absolute atomic E-state index is 5.93. The van der Waals surface area contributed by atoms with Crippen LogP contribution in [-0.4, -0.2) is 35.3 Å². The highest BCUT2D eigenvalue weighted by Gasteiger charge is 2.22. The minimum atomic E-state index is 0.662. The Morgan fingerprint density at radius 2 is 2.14 bits per heavy atom. The number of ether oxygens (including phenoxy) is 1. The molecule has 1 aliphatic rings. The fourth-order valence-corrected chi connectivity index (χ4v) is 3.27. The number of rotatable bonds is 4. The molecule has 1 aliphatic heterocycles. The molecule has 0 fully saturated rings. The predicted octanol–water partition coefficient (Wildman–Crippen LogP) is 3.98. The van der Waals surface area contributed by atoms with Crippen LogP contribution in [0, 0.1) is 0 Å². The lowest BCUT2D eigenvalue weighted by atomic mass is 10.2. The first-order valence-corrected chi connectivity index (χ1v) is 8.15. The Morgan fingerprint density at radius 1 is 1.32 bits per heavy atom. The van der Waals surface area contributed by atoms with Crippen LogP contribution in [0.5, 0.6) is 0 Å². The Labute approximate surface area is 139 Å². The number of aliphatic imine (C=N–C) groups is 1. The summed E-state index contributed by atoms with van der Waals surface area (Å²) in [5.41, 5.74) is 2.10. The molecule has 6 heteroatoms. The maximum Gasteiger partial charge on any atom is 0.171 e. The number of benzene rings is 1. The van der Waals surface area contributed by atoms with Gasteiger partial charge in [-0.05, 0) is 42.1 Å². The van der Waals surface area contributed by atoms with E-state index in [1.807, 2.05) is 36.5 Å². The summed E-state index contributed by atoms with van der Waals surface area (Å²) in [5, 5.41) is 2.66. The molecule has 0 bridgehead atoms. The van der Waals surface area contributed by atoms with Crippen molar-refractivity contribution in [2.24, 2.45) is 4.99 Å². The Bertz CT molecular complexity index is 675. The van der Waals surface area contributed by atoms with E-state index in [1.54, 1.807) is 18.9 Å². The number of pyridine rings is 1. The number of aromatic nitrogens is 1. The number of fused-ring (bicyclic) bond motifs is 1. The van der Waals surface area contributed by atoms with Crippen LogP contribution in [0.15, 0.2) is 52.6 Å². The first kappa shape index (κ1) is 15.3. The Hall–Kier alpha value is -1.56. The molecule has 22 heavy (non-hydrogen) atoms. The van der Waals surface area contributed by atoms with Gasteiger partial charge in [0.1, 0.15) is 5.03 Å². The molecule has 3 rings (SSSR count). The van der Waals surface area contributed by atoms with Crippen molar-refractivity contribution in [3.8, 4) is 0 Å². The second kappa shape index (κ2) is 7.13. The molecule has 0 amide bonds. The van der Waals surface area contributed by atoms with Crippen molar-refractivity contribution in [3.63, 3.8) is 0 Å². The van der Waals surface area contributed by atoms with E-state index in [9.17, 15) is 0 Å². The first-order chi connectivity index (χ1) is 10.8. The normalized spacial score (nSPS) is 15.9. The molecule has 0 N–H and O–H groups in total. The van der Waals surface area contributed by atoms with Crippen molar-refractivity contribution < 1.29 is 4.74 Å². The first-order valence-electron chi connectivity index (χ1n) is 6.96. The SMILES string of the molecule is COCCN1Cc2cccnc2SC1=Nc1ccc(Cl)cc1. The summed E-state index contributed by atoms with van der Waals surface area (Å²) in [6, 6.07) is 11.6. The molecule has 0 atom stereocenters. The standard InChI is InChI=1S/C16H16ClN3OS/c1-21-10-9-20-11-12-3-2-8-18-15(12)22-16(20)19-14-6-4-13(17)5-7-14/h2-8H,9-11H2,1H3. The van der Waals surface area contributed by atoms with Gasteiger partial charge in [-0.25, -0.2) is 9.98 Å². The van der Waals surface area contributed by atoms with Crippen molar-refractivity contribution in [3.05, 3.63) is 53.2 Å². The third-order valence-corrected chi connectivity index (χ3v) is 4.63. The van der Waals surface area contributed by atoms with E-state index in [0.717, 1.165) is 29.0 Å². The van der Waals surface area contributed by atoms with Gasteiger partial charge in [-0.2, -0.15) is 0 Å². The van der Waals surface area contributed by atoms with Gasteiger partial charge in [0, 0.05) is 37.0 Å². The zero-order valence-corrected chi connectivity index (χ0v) is 13.8. The van der Waals surface area contributed by atoms with E-state index in [4.69, 9.17) is 21.3 Å². The predicted molar refractivity (Wildman–Crippen MR) is 90.9 cm³/mol. The molecule has 0 spiro atoms. The second-order valence-corrected chi connectivity index (χ2v) is 6.25. The van der Waals surface area contributed by atoms with Gasteiger partial charge in [0.2, 0.25) is 0 Å². The van der Waals surface area contributed by atoms with Gasteiger partial charge in [-0.1, -0.05) is 17.7 Å². The minimum Gasteiger partial charge on any atom is -0.383 e. The molecule has 1 aromatic heterocycles. The lowest BCUT2D eigenvalue weighted by molar-refractivity contribution is 0.174. The van der Waals surface area contributed by atoms with Gasteiger partial charge < -0.3 is 9.64 Å². The summed E-state index contributed by atoms with van der Waals surface area (Å²) in [5.74, 6) is 0. The third kappa shape index (κ3) is 3.61. The maximum atomic E-state index is 5.93. The van der Waals surface area contributed by atoms with E-state index in [1.165, 1.54) is 5.56 Å². The zero-order chi connectivity index (χ0) is 15.4. The van der Waals surface area contributed by atoms with Gasteiger partial charge >= 0.3 is 0 Å². The van der Waals surface area contributed by atoms with Gasteiger partial charge in [0.25, 0.3) is 0 Å².